The molecular formula is C17H27N3S. The van der Waals surface area contributed by atoms with Gasteiger partial charge in [-0.05, 0) is 59.0 Å². The maximum atomic E-state index is 4.70. The fraction of sp³-hybridized carbons (Fsp3) is 0.706. The lowest BCUT2D eigenvalue weighted by atomic mass is 9.95. The van der Waals surface area contributed by atoms with Crippen molar-refractivity contribution in [2.75, 3.05) is 19.6 Å². The zero-order valence-electron chi connectivity index (χ0n) is 13.3. The van der Waals surface area contributed by atoms with E-state index in [0.29, 0.717) is 12.1 Å². The van der Waals surface area contributed by atoms with Crippen LogP contribution in [0.4, 0.5) is 0 Å². The number of piperidine rings is 1. The molecule has 1 aliphatic carbocycles. The molecule has 0 radical (unpaired) electrons. The number of thiazole rings is 1. The Labute approximate surface area is 132 Å². The van der Waals surface area contributed by atoms with Gasteiger partial charge in [0, 0.05) is 23.5 Å². The molecule has 0 spiro atoms. The highest BCUT2D eigenvalue weighted by atomic mass is 32.1. The maximum Gasteiger partial charge on any atom is 0.0900 e. The van der Waals surface area contributed by atoms with Crippen LogP contribution in [0, 0.1) is 6.92 Å². The van der Waals surface area contributed by atoms with Gasteiger partial charge < -0.3 is 5.32 Å². The van der Waals surface area contributed by atoms with Crippen LogP contribution in [0.2, 0.25) is 0 Å². The van der Waals surface area contributed by atoms with E-state index < -0.39 is 0 Å². The highest BCUT2D eigenvalue weighted by Gasteiger charge is 2.27. The summed E-state index contributed by atoms with van der Waals surface area (Å²) in [5.41, 5.74) is 2.64. The third kappa shape index (κ3) is 3.74. The number of aryl methyl sites for hydroxylation is 2. The summed E-state index contributed by atoms with van der Waals surface area (Å²) in [6.45, 7) is 11.8. The first-order valence-electron chi connectivity index (χ1n) is 8.21. The van der Waals surface area contributed by atoms with Crippen LogP contribution >= 0.6 is 11.3 Å². The predicted octanol–water partition coefficient (Wildman–Crippen LogP) is 3.46. The van der Waals surface area contributed by atoms with Gasteiger partial charge >= 0.3 is 0 Å². The Morgan fingerprint density at radius 2 is 2.14 bits per heavy atom. The maximum absolute atomic E-state index is 4.70. The molecule has 1 N–H and O–H groups in total. The van der Waals surface area contributed by atoms with Crippen molar-refractivity contribution < 1.29 is 0 Å². The van der Waals surface area contributed by atoms with E-state index in [4.69, 9.17) is 4.98 Å². The topological polar surface area (TPSA) is 28.2 Å². The molecule has 0 aromatic carbocycles. The van der Waals surface area contributed by atoms with Crippen molar-refractivity contribution in [2.45, 2.75) is 58.0 Å². The van der Waals surface area contributed by atoms with Gasteiger partial charge in [-0.3, -0.25) is 4.90 Å². The third-order valence-corrected chi connectivity index (χ3v) is 5.70. The molecule has 1 aromatic heterocycles. The Bertz CT molecular complexity index is 500. The van der Waals surface area contributed by atoms with Crippen LogP contribution in [0.25, 0.3) is 0 Å². The second-order valence-corrected chi connectivity index (χ2v) is 7.90. The molecule has 1 fully saturated rings. The minimum absolute atomic E-state index is 0.553. The first-order valence-corrected chi connectivity index (χ1v) is 9.02. The lowest BCUT2D eigenvalue weighted by Gasteiger charge is -2.35. The predicted molar refractivity (Wildman–Crippen MR) is 89.9 cm³/mol. The minimum atomic E-state index is 0.553. The second-order valence-electron chi connectivity index (χ2n) is 6.66. The first kappa shape index (κ1) is 15.2. The highest BCUT2D eigenvalue weighted by molar-refractivity contribution is 7.11. The molecule has 3 rings (SSSR count). The summed E-state index contributed by atoms with van der Waals surface area (Å²) in [4.78, 5) is 8.75. The normalized spacial score (nSPS) is 24.0. The molecule has 3 nitrogen and oxygen atoms in total. The largest absolute Gasteiger partial charge is 0.306 e. The Morgan fingerprint density at radius 3 is 2.86 bits per heavy atom. The van der Waals surface area contributed by atoms with E-state index in [9.17, 15) is 0 Å². The zero-order chi connectivity index (χ0) is 14.8. The molecule has 0 unspecified atom stereocenters. The number of hydrogen-bond donors (Lipinski definition) is 1. The minimum Gasteiger partial charge on any atom is -0.306 e. The molecule has 1 saturated heterocycles. The van der Waals surface area contributed by atoms with E-state index in [1.165, 1.54) is 66.3 Å². The molecule has 1 aliphatic heterocycles. The van der Waals surface area contributed by atoms with E-state index in [1.807, 2.05) is 11.3 Å². The number of aromatic nitrogens is 1. The Morgan fingerprint density at radius 1 is 1.38 bits per heavy atom. The average Bonchev–Trinajstić information content (AvgIpc) is 2.82. The molecule has 1 aromatic rings. The standard InChI is InChI=1S/C17H27N3S/c1-12(2)11-20-9-7-14(8-10-20)19-16-6-4-5-15-17(16)21-13(3)18-15/h14,16,19H,1,4-11H2,2-3H3/t16-/m0/s1. The lowest BCUT2D eigenvalue weighted by Crippen LogP contribution is -2.44. The van der Waals surface area contributed by atoms with Gasteiger partial charge in [0.15, 0.2) is 0 Å². The molecule has 21 heavy (non-hydrogen) atoms. The molecule has 0 amide bonds. The molecule has 0 bridgehead atoms. The van der Waals surface area contributed by atoms with Crippen molar-refractivity contribution >= 4 is 11.3 Å². The number of hydrogen-bond acceptors (Lipinski definition) is 4. The average molecular weight is 305 g/mol. The number of fused-ring (bicyclic) bond motifs is 1. The van der Waals surface area contributed by atoms with Crippen LogP contribution < -0.4 is 5.32 Å². The SMILES string of the molecule is C=C(C)CN1CCC(N[C@H]2CCCc3nc(C)sc32)CC1. The molecule has 2 heterocycles. The molecule has 1 atom stereocenters. The Kier molecular flexibility index (Phi) is 4.77. The summed E-state index contributed by atoms with van der Waals surface area (Å²) in [5.74, 6) is 0. The fourth-order valence-corrected chi connectivity index (χ4v) is 4.69. The van der Waals surface area contributed by atoms with Crippen LogP contribution in [0.5, 0.6) is 0 Å². The van der Waals surface area contributed by atoms with Crippen molar-refractivity contribution in [2.24, 2.45) is 0 Å². The number of nitrogens with zero attached hydrogens (tertiary/aromatic N) is 2. The van der Waals surface area contributed by atoms with Crippen molar-refractivity contribution in [3.8, 4) is 0 Å². The van der Waals surface area contributed by atoms with Crippen molar-refractivity contribution in [1.82, 2.24) is 15.2 Å². The highest BCUT2D eigenvalue weighted by Crippen LogP contribution is 2.34. The summed E-state index contributed by atoms with van der Waals surface area (Å²) < 4.78 is 0. The molecule has 0 saturated carbocycles. The lowest BCUT2D eigenvalue weighted by molar-refractivity contribution is 0.201. The molecular weight excluding hydrogens is 278 g/mol. The van der Waals surface area contributed by atoms with Crippen LogP contribution in [0.1, 0.15) is 54.2 Å². The Hall–Kier alpha value is -0.710. The molecule has 116 valence electrons. The smallest absolute Gasteiger partial charge is 0.0900 e. The van der Waals surface area contributed by atoms with Crippen LogP contribution in [-0.4, -0.2) is 35.6 Å². The van der Waals surface area contributed by atoms with Crippen molar-refractivity contribution in [3.63, 3.8) is 0 Å². The van der Waals surface area contributed by atoms with Gasteiger partial charge in [-0.1, -0.05) is 12.2 Å². The molecule has 2 aliphatic rings. The number of nitrogens with one attached hydrogen (secondary N) is 1. The summed E-state index contributed by atoms with van der Waals surface area (Å²) in [6.07, 6.45) is 6.26. The summed E-state index contributed by atoms with van der Waals surface area (Å²) in [5, 5.41) is 5.15. The second kappa shape index (κ2) is 6.59. The van der Waals surface area contributed by atoms with Gasteiger partial charge in [0.05, 0.1) is 10.7 Å². The molecule has 4 heteroatoms. The summed E-state index contributed by atoms with van der Waals surface area (Å²) in [7, 11) is 0. The van der Waals surface area contributed by atoms with Gasteiger partial charge in [-0.15, -0.1) is 11.3 Å². The van der Waals surface area contributed by atoms with E-state index in [0.717, 1.165) is 6.54 Å². The zero-order valence-corrected chi connectivity index (χ0v) is 14.1. The third-order valence-electron chi connectivity index (χ3n) is 4.58. The Balaban J connectivity index is 1.55. The van der Waals surface area contributed by atoms with Crippen molar-refractivity contribution in [3.05, 3.63) is 27.7 Å². The van der Waals surface area contributed by atoms with Crippen LogP contribution in [-0.2, 0) is 6.42 Å². The summed E-state index contributed by atoms with van der Waals surface area (Å²) in [6, 6.07) is 1.22. The quantitative estimate of drug-likeness (QED) is 0.864. The van der Waals surface area contributed by atoms with E-state index in [-0.39, 0.29) is 0 Å². The fourth-order valence-electron chi connectivity index (χ4n) is 3.63. The van der Waals surface area contributed by atoms with Gasteiger partial charge in [0.25, 0.3) is 0 Å². The van der Waals surface area contributed by atoms with Gasteiger partial charge in [0.1, 0.15) is 0 Å². The van der Waals surface area contributed by atoms with Gasteiger partial charge in [-0.25, -0.2) is 4.98 Å². The van der Waals surface area contributed by atoms with Crippen LogP contribution in [0.3, 0.4) is 0 Å². The monoisotopic (exact) mass is 305 g/mol. The van der Waals surface area contributed by atoms with Gasteiger partial charge in [-0.2, -0.15) is 0 Å². The number of likely N-dealkylation sites (tertiary alicyclic amines) is 1. The van der Waals surface area contributed by atoms with Crippen LogP contribution in [0.15, 0.2) is 12.2 Å². The van der Waals surface area contributed by atoms with E-state index >= 15 is 0 Å². The van der Waals surface area contributed by atoms with Gasteiger partial charge in [0.2, 0.25) is 0 Å². The first-order chi connectivity index (χ1) is 10.1. The van der Waals surface area contributed by atoms with E-state index in [2.05, 4.69) is 30.6 Å². The summed E-state index contributed by atoms with van der Waals surface area (Å²) >= 11 is 1.90. The van der Waals surface area contributed by atoms with Crippen molar-refractivity contribution in [1.29, 1.82) is 0 Å². The van der Waals surface area contributed by atoms with E-state index in [1.54, 1.807) is 0 Å². The number of rotatable bonds is 4.